The number of piperidine rings is 1. The number of aromatic nitrogens is 5. The van der Waals surface area contributed by atoms with Crippen molar-refractivity contribution in [1.29, 1.82) is 0 Å². The van der Waals surface area contributed by atoms with E-state index >= 15 is 0 Å². The van der Waals surface area contributed by atoms with Gasteiger partial charge in [-0.05, 0) is 36.1 Å². The maximum Gasteiger partial charge on any atom is 0.303 e. The van der Waals surface area contributed by atoms with E-state index < -0.39 is 5.97 Å². The molecule has 1 saturated heterocycles. The van der Waals surface area contributed by atoms with Crippen molar-refractivity contribution in [1.82, 2.24) is 25.0 Å². The Labute approximate surface area is 115 Å². The molecule has 0 aliphatic carbocycles. The number of hydrogen-bond acceptors (Lipinski definition) is 6. The molecule has 2 aromatic heterocycles. The van der Waals surface area contributed by atoms with Gasteiger partial charge in [0.2, 0.25) is 0 Å². The Kier molecular flexibility index (Phi) is 3.44. The van der Waals surface area contributed by atoms with Gasteiger partial charge in [-0.2, -0.15) is 4.52 Å². The molecule has 20 heavy (non-hydrogen) atoms. The van der Waals surface area contributed by atoms with Crippen LogP contribution in [0.2, 0.25) is 0 Å². The minimum atomic E-state index is -0.755. The van der Waals surface area contributed by atoms with Crippen LogP contribution in [0.1, 0.15) is 32.1 Å². The van der Waals surface area contributed by atoms with Crippen molar-refractivity contribution in [2.45, 2.75) is 38.1 Å². The monoisotopic (exact) mass is 276 g/mol. The number of tetrazole rings is 1. The lowest BCUT2D eigenvalue weighted by atomic mass is 9.98. The van der Waals surface area contributed by atoms with Crippen molar-refractivity contribution in [2.75, 3.05) is 11.4 Å². The van der Waals surface area contributed by atoms with Gasteiger partial charge in [-0.25, -0.2) is 0 Å². The zero-order valence-electron chi connectivity index (χ0n) is 11.0. The Morgan fingerprint density at radius 2 is 2.30 bits per heavy atom. The van der Waals surface area contributed by atoms with E-state index in [1.165, 1.54) is 0 Å². The highest BCUT2D eigenvalue weighted by Crippen LogP contribution is 2.26. The first kappa shape index (κ1) is 12.8. The van der Waals surface area contributed by atoms with Gasteiger partial charge < -0.3 is 10.0 Å². The summed E-state index contributed by atoms with van der Waals surface area (Å²) in [6, 6.07) is 0.205. The van der Waals surface area contributed by atoms with Crippen molar-refractivity contribution in [3.63, 3.8) is 0 Å². The minimum Gasteiger partial charge on any atom is -0.481 e. The first-order valence-corrected chi connectivity index (χ1v) is 6.76. The Bertz CT molecular complexity index is 613. The molecule has 1 aliphatic heterocycles. The maximum absolute atomic E-state index is 10.8. The Balaban J connectivity index is 1.89. The molecule has 1 N–H and O–H groups in total. The third kappa shape index (κ3) is 2.40. The van der Waals surface area contributed by atoms with Crippen LogP contribution in [0.5, 0.6) is 0 Å². The number of fused-ring (bicyclic) bond motifs is 1. The molecule has 1 fully saturated rings. The number of carbonyl (C=O) groups is 1. The van der Waals surface area contributed by atoms with E-state index in [2.05, 4.69) is 25.4 Å². The van der Waals surface area contributed by atoms with Crippen molar-refractivity contribution in [2.24, 2.45) is 0 Å². The van der Waals surface area contributed by atoms with Gasteiger partial charge >= 0.3 is 5.97 Å². The lowest BCUT2D eigenvalue weighted by Crippen LogP contribution is -2.41. The van der Waals surface area contributed by atoms with Crippen molar-refractivity contribution in [3.05, 3.63) is 12.4 Å². The predicted octanol–water partition coefficient (Wildman–Crippen LogP) is 0.743. The van der Waals surface area contributed by atoms with Gasteiger partial charge in [0, 0.05) is 19.0 Å². The normalized spacial score (nSPS) is 19.4. The summed E-state index contributed by atoms with van der Waals surface area (Å²) in [4.78, 5) is 17.1. The third-order valence-electron chi connectivity index (χ3n) is 3.70. The van der Waals surface area contributed by atoms with E-state index in [1.807, 2.05) is 0 Å². The van der Waals surface area contributed by atoms with Crippen molar-refractivity contribution in [3.8, 4) is 0 Å². The Morgan fingerprint density at radius 3 is 3.15 bits per heavy atom. The molecule has 106 valence electrons. The largest absolute Gasteiger partial charge is 0.481 e. The van der Waals surface area contributed by atoms with Crippen LogP contribution in [0.3, 0.4) is 0 Å². The highest BCUT2D eigenvalue weighted by atomic mass is 16.4. The number of nitrogens with zero attached hydrogens (tertiary/aromatic N) is 6. The van der Waals surface area contributed by atoms with Gasteiger partial charge in [-0.1, -0.05) is 0 Å². The molecule has 8 nitrogen and oxygen atoms in total. The Hall–Kier alpha value is -2.25. The molecule has 3 heterocycles. The average Bonchev–Trinajstić information content (AvgIpc) is 2.93. The molecule has 0 radical (unpaired) electrons. The zero-order chi connectivity index (χ0) is 13.9. The van der Waals surface area contributed by atoms with Crippen LogP contribution in [0.4, 0.5) is 5.82 Å². The first-order valence-electron chi connectivity index (χ1n) is 6.76. The fraction of sp³-hybridized carbons (Fsp3) is 0.583. The summed E-state index contributed by atoms with van der Waals surface area (Å²) < 4.78 is 1.66. The van der Waals surface area contributed by atoms with Crippen molar-refractivity contribution < 1.29 is 9.90 Å². The second-order valence-corrected chi connectivity index (χ2v) is 4.99. The van der Waals surface area contributed by atoms with Gasteiger partial charge in [0.25, 0.3) is 0 Å². The molecule has 2 aromatic rings. The lowest BCUT2D eigenvalue weighted by molar-refractivity contribution is -0.137. The lowest BCUT2D eigenvalue weighted by Gasteiger charge is -2.36. The molecule has 3 rings (SSSR count). The zero-order valence-corrected chi connectivity index (χ0v) is 11.0. The van der Waals surface area contributed by atoms with E-state index in [1.54, 1.807) is 16.9 Å². The van der Waals surface area contributed by atoms with Crippen molar-refractivity contribution >= 4 is 17.4 Å². The van der Waals surface area contributed by atoms with E-state index in [0.29, 0.717) is 12.1 Å². The Morgan fingerprint density at radius 1 is 1.40 bits per heavy atom. The molecule has 1 unspecified atom stereocenters. The second-order valence-electron chi connectivity index (χ2n) is 4.99. The number of carboxylic acids is 1. The highest BCUT2D eigenvalue weighted by molar-refractivity contribution is 5.66. The first-order chi connectivity index (χ1) is 9.75. The molecule has 8 heteroatoms. The SMILES string of the molecule is O=C(O)CCC1CCCCN1c1cncc2nnnn12. The number of rotatable bonds is 4. The number of anilines is 1. The van der Waals surface area contributed by atoms with Gasteiger partial charge in [-0.15, -0.1) is 5.10 Å². The van der Waals surface area contributed by atoms with Crippen LogP contribution >= 0.6 is 0 Å². The van der Waals surface area contributed by atoms with Crippen LogP contribution in [0, 0.1) is 0 Å². The summed E-state index contributed by atoms with van der Waals surface area (Å²) >= 11 is 0. The van der Waals surface area contributed by atoms with Gasteiger partial charge in [0.05, 0.1) is 12.4 Å². The number of carboxylic acid groups (broad SMARTS) is 1. The molecule has 0 aromatic carbocycles. The summed E-state index contributed by atoms with van der Waals surface area (Å²) in [5.41, 5.74) is 0.602. The summed E-state index contributed by atoms with van der Waals surface area (Å²) in [5, 5.41) is 20.4. The minimum absolute atomic E-state index is 0.181. The number of aliphatic carboxylic acids is 1. The van der Waals surface area contributed by atoms with E-state index in [-0.39, 0.29) is 12.5 Å². The molecule has 1 aliphatic rings. The van der Waals surface area contributed by atoms with Crippen LogP contribution in [-0.4, -0.2) is 48.7 Å². The summed E-state index contributed by atoms with van der Waals surface area (Å²) in [5.74, 6) is 0.0804. The summed E-state index contributed by atoms with van der Waals surface area (Å²) in [6.07, 6.45) is 7.36. The topological polar surface area (TPSA) is 96.5 Å². The highest BCUT2D eigenvalue weighted by Gasteiger charge is 2.25. The second kappa shape index (κ2) is 5.40. The molecule has 0 amide bonds. The number of hydrogen-bond donors (Lipinski definition) is 1. The average molecular weight is 276 g/mol. The summed E-state index contributed by atoms with van der Waals surface area (Å²) in [7, 11) is 0. The molecular formula is C12H16N6O2. The molecule has 0 saturated carbocycles. The van der Waals surface area contributed by atoms with E-state index in [4.69, 9.17) is 5.11 Å². The fourth-order valence-electron chi connectivity index (χ4n) is 2.75. The van der Waals surface area contributed by atoms with Crippen LogP contribution < -0.4 is 4.90 Å². The standard InChI is InChI=1S/C12H16N6O2/c19-12(20)5-4-9-3-1-2-6-17(9)11-8-13-7-10-14-15-16-18(10)11/h7-9H,1-6H2,(H,19,20). The maximum atomic E-state index is 10.8. The van der Waals surface area contributed by atoms with Crippen LogP contribution in [0.25, 0.3) is 5.65 Å². The molecule has 0 spiro atoms. The smallest absolute Gasteiger partial charge is 0.303 e. The quantitative estimate of drug-likeness (QED) is 0.879. The van der Waals surface area contributed by atoms with E-state index in [0.717, 1.165) is 31.6 Å². The molecule has 0 bridgehead atoms. The molecule has 1 atom stereocenters. The fourth-order valence-corrected chi connectivity index (χ4v) is 2.75. The third-order valence-corrected chi connectivity index (χ3v) is 3.70. The predicted molar refractivity (Wildman–Crippen MR) is 70.4 cm³/mol. The summed E-state index contributed by atoms with van der Waals surface area (Å²) in [6.45, 7) is 0.880. The molecular weight excluding hydrogens is 260 g/mol. The van der Waals surface area contributed by atoms with Gasteiger partial charge in [0.1, 0.15) is 0 Å². The van der Waals surface area contributed by atoms with Crippen LogP contribution in [-0.2, 0) is 4.79 Å². The van der Waals surface area contributed by atoms with E-state index in [9.17, 15) is 4.79 Å². The van der Waals surface area contributed by atoms with Crippen LogP contribution in [0.15, 0.2) is 12.4 Å². The van der Waals surface area contributed by atoms with Gasteiger partial charge in [0.15, 0.2) is 11.5 Å². The van der Waals surface area contributed by atoms with Gasteiger partial charge in [-0.3, -0.25) is 9.78 Å².